The predicted octanol–water partition coefficient (Wildman–Crippen LogP) is 2.14. The van der Waals surface area contributed by atoms with E-state index in [0.29, 0.717) is 5.84 Å². The summed E-state index contributed by atoms with van der Waals surface area (Å²) in [6.07, 6.45) is 0. The fourth-order valence-corrected chi connectivity index (χ4v) is 1.04. The maximum atomic E-state index is 7.48. The van der Waals surface area contributed by atoms with Crippen LogP contribution in [0.1, 0.15) is 33.4 Å². The summed E-state index contributed by atoms with van der Waals surface area (Å²) >= 11 is 0. The molecule has 0 fully saturated rings. The van der Waals surface area contributed by atoms with Gasteiger partial charge in [-0.15, -0.1) is 0 Å². The number of aromatic amines is 1. The fourth-order valence-electron chi connectivity index (χ4n) is 1.04. The maximum absolute atomic E-state index is 7.48. The molecule has 0 atom stereocenters. The summed E-state index contributed by atoms with van der Waals surface area (Å²) in [4.78, 5) is 1.74. The Balaban J connectivity index is 2.94. The zero-order valence-electron chi connectivity index (χ0n) is 9.47. The number of anilines is 1. The van der Waals surface area contributed by atoms with Crippen LogP contribution in [0.15, 0.2) is 6.07 Å². The Morgan fingerprint density at radius 3 is 2.43 bits per heavy atom. The third-order valence-corrected chi connectivity index (χ3v) is 2.22. The second-order valence-corrected chi connectivity index (χ2v) is 4.53. The van der Waals surface area contributed by atoms with Crippen LogP contribution in [-0.2, 0) is 5.41 Å². The van der Waals surface area contributed by atoms with Crippen molar-refractivity contribution in [3.05, 3.63) is 11.8 Å². The largest absolute Gasteiger partial charge is 0.317 e. The molecule has 0 radical (unpaired) electrons. The zero-order chi connectivity index (χ0) is 10.9. The predicted molar refractivity (Wildman–Crippen MR) is 59.1 cm³/mol. The SMILES string of the molecule is CC(=N)N(C)c1cc(C(C)(C)C)[nH]n1. The summed E-state index contributed by atoms with van der Waals surface area (Å²) < 4.78 is 0. The molecule has 0 spiro atoms. The molecular weight excluding hydrogens is 176 g/mol. The van der Waals surface area contributed by atoms with E-state index in [2.05, 4.69) is 31.0 Å². The van der Waals surface area contributed by atoms with Gasteiger partial charge in [0.15, 0.2) is 5.82 Å². The topological polar surface area (TPSA) is 55.8 Å². The minimum Gasteiger partial charge on any atom is -0.317 e. The molecule has 4 nitrogen and oxygen atoms in total. The molecule has 4 heteroatoms. The second-order valence-electron chi connectivity index (χ2n) is 4.53. The number of aromatic nitrogens is 2. The first-order valence-electron chi connectivity index (χ1n) is 4.67. The van der Waals surface area contributed by atoms with Gasteiger partial charge in [-0.25, -0.2) is 0 Å². The van der Waals surface area contributed by atoms with Crippen LogP contribution in [0.25, 0.3) is 0 Å². The first-order chi connectivity index (χ1) is 6.32. The highest BCUT2D eigenvalue weighted by Crippen LogP contribution is 2.23. The van der Waals surface area contributed by atoms with Gasteiger partial charge < -0.3 is 4.90 Å². The normalized spacial score (nSPS) is 11.5. The molecule has 78 valence electrons. The summed E-state index contributed by atoms with van der Waals surface area (Å²) in [6.45, 7) is 8.12. The van der Waals surface area contributed by atoms with Crippen molar-refractivity contribution in [2.24, 2.45) is 0 Å². The highest BCUT2D eigenvalue weighted by molar-refractivity contribution is 5.92. The minimum absolute atomic E-state index is 0.0715. The molecule has 0 unspecified atom stereocenters. The van der Waals surface area contributed by atoms with Crippen LogP contribution in [-0.4, -0.2) is 23.1 Å². The van der Waals surface area contributed by atoms with Gasteiger partial charge in [-0.3, -0.25) is 10.5 Å². The number of nitrogens with one attached hydrogen (secondary N) is 2. The van der Waals surface area contributed by atoms with E-state index < -0.39 is 0 Å². The van der Waals surface area contributed by atoms with Crippen LogP contribution in [0, 0.1) is 5.41 Å². The van der Waals surface area contributed by atoms with Crippen molar-refractivity contribution in [2.75, 3.05) is 11.9 Å². The molecule has 1 aromatic heterocycles. The third kappa shape index (κ3) is 2.13. The smallest absolute Gasteiger partial charge is 0.155 e. The molecule has 0 amide bonds. The van der Waals surface area contributed by atoms with Crippen molar-refractivity contribution in [3.63, 3.8) is 0 Å². The van der Waals surface area contributed by atoms with Crippen molar-refractivity contribution in [3.8, 4) is 0 Å². The number of hydrogen-bond acceptors (Lipinski definition) is 2. The monoisotopic (exact) mass is 194 g/mol. The minimum atomic E-state index is 0.0715. The van der Waals surface area contributed by atoms with Gasteiger partial charge in [-0.2, -0.15) is 5.10 Å². The van der Waals surface area contributed by atoms with Crippen LogP contribution >= 0.6 is 0 Å². The first-order valence-corrected chi connectivity index (χ1v) is 4.67. The van der Waals surface area contributed by atoms with Crippen LogP contribution < -0.4 is 4.90 Å². The molecule has 0 aromatic carbocycles. The quantitative estimate of drug-likeness (QED) is 0.531. The van der Waals surface area contributed by atoms with E-state index in [1.807, 2.05) is 13.1 Å². The number of hydrogen-bond donors (Lipinski definition) is 2. The molecule has 0 bridgehead atoms. The fraction of sp³-hybridized carbons (Fsp3) is 0.600. The van der Waals surface area contributed by atoms with Crippen molar-refractivity contribution >= 4 is 11.7 Å². The van der Waals surface area contributed by atoms with Gasteiger partial charge >= 0.3 is 0 Å². The number of nitrogens with zero attached hydrogens (tertiary/aromatic N) is 2. The Morgan fingerprint density at radius 2 is 2.07 bits per heavy atom. The highest BCUT2D eigenvalue weighted by Gasteiger charge is 2.18. The van der Waals surface area contributed by atoms with Crippen molar-refractivity contribution in [1.82, 2.24) is 10.2 Å². The van der Waals surface area contributed by atoms with E-state index in [9.17, 15) is 0 Å². The zero-order valence-corrected chi connectivity index (χ0v) is 9.47. The maximum Gasteiger partial charge on any atom is 0.155 e. The highest BCUT2D eigenvalue weighted by atomic mass is 15.3. The molecule has 0 saturated carbocycles. The van der Waals surface area contributed by atoms with E-state index in [1.165, 1.54) is 0 Å². The van der Waals surface area contributed by atoms with Crippen LogP contribution in [0.3, 0.4) is 0 Å². The molecule has 0 saturated heterocycles. The van der Waals surface area contributed by atoms with Crippen molar-refractivity contribution < 1.29 is 0 Å². The Labute approximate surface area is 84.8 Å². The summed E-state index contributed by atoms with van der Waals surface area (Å²) in [5, 5.41) is 14.6. The summed E-state index contributed by atoms with van der Waals surface area (Å²) in [6, 6.07) is 1.98. The lowest BCUT2D eigenvalue weighted by molar-refractivity contribution is 0.567. The van der Waals surface area contributed by atoms with E-state index in [4.69, 9.17) is 5.41 Å². The van der Waals surface area contributed by atoms with E-state index >= 15 is 0 Å². The number of H-pyrrole nitrogens is 1. The third-order valence-electron chi connectivity index (χ3n) is 2.22. The lowest BCUT2D eigenvalue weighted by atomic mass is 9.92. The van der Waals surface area contributed by atoms with E-state index in [0.717, 1.165) is 11.5 Å². The van der Waals surface area contributed by atoms with Gasteiger partial charge in [0.05, 0.1) is 5.84 Å². The average Bonchev–Trinajstić information content (AvgIpc) is 2.49. The Kier molecular flexibility index (Phi) is 2.64. The van der Waals surface area contributed by atoms with Crippen LogP contribution in [0.2, 0.25) is 0 Å². The summed E-state index contributed by atoms with van der Waals surface area (Å²) in [5.74, 6) is 1.28. The standard InChI is InChI=1S/C10H18N4/c1-7(11)14(5)9-6-8(12-13-9)10(2,3)4/h6,11H,1-5H3,(H,12,13). The Morgan fingerprint density at radius 1 is 1.50 bits per heavy atom. The Bertz CT molecular complexity index is 332. The van der Waals surface area contributed by atoms with Crippen LogP contribution in [0.5, 0.6) is 0 Å². The van der Waals surface area contributed by atoms with Crippen molar-refractivity contribution in [2.45, 2.75) is 33.1 Å². The van der Waals surface area contributed by atoms with Gasteiger partial charge in [0.2, 0.25) is 0 Å². The first kappa shape index (κ1) is 10.8. The molecular formula is C10H18N4. The van der Waals surface area contributed by atoms with Crippen LogP contribution in [0.4, 0.5) is 5.82 Å². The van der Waals surface area contributed by atoms with Gasteiger partial charge in [0.25, 0.3) is 0 Å². The number of amidine groups is 1. The molecule has 2 N–H and O–H groups in total. The molecule has 14 heavy (non-hydrogen) atoms. The lowest BCUT2D eigenvalue weighted by Gasteiger charge is -2.15. The van der Waals surface area contributed by atoms with E-state index in [-0.39, 0.29) is 5.41 Å². The second kappa shape index (κ2) is 3.44. The lowest BCUT2D eigenvalue weighted by Crippen LogP contribution is -2.22. The summed E-state index contributed by atoms with van der Waals surface area (Å²) in [5.41, 5.74) is 1.16. The van der Waals surface area contributed by atoms with Gasteiger partial charge in [-0.1, -0.05) is 20.8 Å². The van der Waals surface area contributed by atoms with Gasteiger partial charge in [0, 0.05) is 24.2 Å². The molecule has 1 heterocycles. The molecule has 1 aromatic rings. The van der Waals surface area contributed by atoms with E-state index in [1.54, 1.807) is 11.8 Å². The number of rotatable bonds is 1. The average molecular weight is 194 g/mol. The molecule has 1 rings (SSSR count). The molecule has 0 aliphatic carbocycles. The molecule has 0 aliphatic heterocycles. The van der Waals surface area contributed by atoms with Crippen molar-refractivity contribution in [1.29, 1.82) is 5.41 Å². The molecule has 0 aliphatic rings. The van der Waals surface area contributed by atoms with Gasteiger partial charge in [-0.05, 0) is 6.92 Å². The summed E-state index contributed by atoms with van der Waals surface area (Å²) in [7, 11) is 1.84. The van der Waals surface area contributed by atoms with Gasteiger partial charge in [0.1, 0.15) is 0 Å². The Hall–Kier alpha value is -1.32.